The molecule has 0 aliphatic heterocycles. The molecular formula is C16H16ClN7O. The van der Waals surface area contributed by atoms with Crippen molar-refractivity contribution in [1.82, 2.24) is 34.3 Å². The zero-order chi connectivity index (χ0) is 17.6. The number of rotatable bonds is 4. The summed E-state index contributed by atoms with van der Waals surface area (Å²) in [6, 6.07) is 1.83. The summed E-state index contributed by atoms with van der Waals surface area (Å²) >= 11 is 6.28. The zero-order valence-corrected chi connectivity index (χ0v) is 14.7. The Bertz CT molecular complexity index is 1050. The van der Waals surface area contributed by atoms with Crippen LogP contribution in [-0.4, -0.2) is 41.4 Å². The number of pyridine rings is 1. The highest BCUT2D eigenvalue weighted by Gasteiger charge is 2.24. The highest BCUT2D eigenvalue weighted by molar-refractivity contribution is 6.32. The Hall–Kier alpha value is -2.87. The first-order valence-corrected chi connectivity index (χ1v) is 8.14. The smallest absolute Gasteiger partial charge is 0.233 e. The number of halogens is 1. The number of fused-ring (bicyclic) bond motifs is 1. The van der Waals surface area contributed by atoms with Crippen molar-refractivity contribution in [2.24, 2.45) is 7.05 Å². The van der Waals surface area contributed by atoms with Gasteiger partial charge in [-0.25, -0.2) is 15.0 Å². The van der Waals surface area contributed by atoms with E-state index in [4.69, 9.17) is 16.3 Å². The van der Waals surface area contributed by atoms with E-state index in [2.05, 4.69) is 25.1 Å². The Morgan fingerprint density at radius 1 is 1.32 bits per heavy atom. The molecule has 0 atom stereocenters. The Kier molecular flexibility index (Phi) is 3.69. The highest BCUT2D eigenvalue weighted by atomic mass is 35.5. The van der Waals surface area contributed by atoms with Gasteiger partial charge >= 0.3 is 0 Å². The van der Waals surface area contributed by atoms with E-state index in [-0.39, 0.29) is 0 Å². The lowest BCUT2D eigenvalue weighted by molar-refractivity contribution is 0.400. The average Bonchev–Trinajstić information content (AvgIpc) is 3.34. The van der Waals surface area contributed by atoms with Crippen molar-refractivity contribution in [3.8, 4) is 23.1 Å². The van der Waals surface area contributed by atoms with Crippen LogP contribution in [0, 0.1) is 0 Å². The van der Waals surface area contributed by atoms with Gasteiger partial charge in [0.25, 0.3) is 0 Å². The van der Waals surface area contributed by atoms with Crippen molar-refractivity contribution in [2.45, 2.75) is 13.3 Å². The second kappa shape index (κ2) is 5.89. The summed E-state index contributed by atoms with van der Waals surface area (Å²) in [7, 11) is 3.48. The summed E-state index contributed by atoms with van der Waals surface area (Å²) in [6.07, 6.45) is 6.06. The maximum absolute atomic E-state index is 6.28. The third-order valence-corrected chi connectivity index (χ3v) is 4.37. The average molecular weight is 358 g/mol. The summed E-state index contributed by atoms with van der Waals surface area (Å²) in [4.78, 5) is 13.3. The molecule has 4 aromatic heterocycles. The number of ether oxygens (including phenoxy) is 1. The number of methoxy groups -OCH3 is 1. The number of imidazole rings is 1. The number of aryl methyl sites for hydroxylation is 2. The molecule has 4 heterocycles. The second-order valence-electron chi connectivity index (χ2n) is 5.53. The highest BCUT2D eigenvalue weighted by Crippen LogP contribution is 2.37. The van der Waals surface area contributed by atoms with Gasteiger partial charge in [-0.15, -0.1) is 0 Å². The molecule has 0 aliphatic carbocycles. The van der Waals surface area contributed by atoms with Gasteiger partial charge in [0.05, 0.1) is 19.0 Å². The fourth-order valence-electron chi connectivity index (χ4n) is 2.88. The first-order chi connectivity index (χ1) is 12.1. The number of aromatic nitrogens is 7. The van der Waals surface area contributed by atoms with E-state index < -0.39 is 0 Å². The zero-order valence-electron chi connectivity index (χ0n) is 14.0. The quantitative estimate of drug-likeness (QED) is 0.607. The first-order valence-electron chi connectivity index (χ1n) is 7.77. The van der Waals surface area contributed by atoms with Crippen LogP contribution in [0.4, 0.5) is 0 Å². The van der Waals surface area contributed by atoms with E-state index in [9.17, 15) is 0 Å². The fraction of sp³-hybridized carbons (Fsp3) is 0.250. The predicted molar refractivity (Wildman–Crippen MR) is 94.2 cm³/mol. The molecule has 0 bridgehead atoms. The molecule has 0 unspecified atom stereocenters. The van der Waals surface area contributed by atoms with E-state index in [1.807, 2.05) is 35.4 Å². The van der Waals surface area contributed by atoms with Crippen LogP contribution in [-0.2, 0) is 13.5 Å². The minimum Gasteiger partial charge on any atom is -0.480 e. The summed E-state index contributed by atoms with van der Waals surface area (Å²) < 4.78 is 9.15. The molecule has 8 nitrogen and oxygen atoms in total. The number of hydrogen-bond acceptors (Lipinski definition) is 5. The lowest BCUT2D eigenvalue weighted by Gasteiger charge is -2.04. The van der Waals surface area contributed by atoms with E-state index in [0.29, 0.717) is 16.7 Å². The largest absolute Gasteiger partial charge is 0.480 e. The van der Waals surface area contributed by atoms with Crippen LogP contribution in [0.15, 0.2) is 24.8 Å². The number of nitrogens with one attached hydrogen (secondary N) is 1. The van der Waals surface area contributed by atoms with E-state index in [1.54, 1.807) is 19.6 Å². The van der Waals surface area contributed by atoms with Gasteiger partial charge in [-0.05, 0) is 6.07 Å². The minimum atomic E-state index is 0.372. The van der Waals surface area contributed by atoms with Crippen molar-refractivity contribution in [3.05, 3.63) is 35.6 Å². The monoisotopic (exact) mass is 357 g/mol. The van der Waals surface area contributed by atoms with Crippen LogP contribution in [0.3, 0.4) is 0 Å². The van der Waals surface area contributed by atoms with Crippen molar-refractivity contribution >= 4 is 22.6 Å². The lowest BCUT2D eigenvalue weighted by Crippen LogP contribution is -1.98. The normalized spacial score (nSPS) is 11.4. The minimum absolute atomic E-state index is 0.372. The van der Waals surface area contributed by atoms with Gasteiger partial charge in [0.1, 0.15) is 27.7 Å². The lowest BCUT2D eigenvalue weighted by atomic mass is 10.3. The van der Waals surface area contributed by atoms with Gasteiger partial charge in [0, 0.05) is 25.9 Å². The molecule has 0 aromatic carbocycles. The molecule has 128 valence electrons. The van der Waals surface area contributed by atoms with E-state index in [1.165, 1.54) is 0 Å². The summed E-state index contributed by atoms with van der Waals surface area (Å²) in [5.74, 6) is 1.79. The molecule has 0 amide bonds. The third kappa shape index (κ3) is 2.37. The van der Waals surface area contributed by atoms with Gasteiger partial charge in [0.15, 0.2) is 5.82 Å². The van der Waals surface area contributed by atoms with Gasteiger partial charge in [-0.1, -0.05) is 18.5 Å². The number of H-pyrrole nitrogens is 1. The van der Waals surface area contributed by atoms with Crippen molar-refractivity contribution in [3.63, 3.8) is 0 Å². The van der Waals surface area contributed by atoms with Gasteiger partial charge in [-0.2, -0.15) is 5.10 Å². The number of aromatic amines is 1. The molecule has 1 N–H and O–H groups in total. The van der Waals surface area contributed by atoms with Gasteiger partial charge in [0.2, 0.25) is 5.88 Å². The number of nitrogens with zero attached hydrogens (tertiary/aromatic N) is 6. The predicted octanol–water partition coefficient (Wildman–Crippen LogP) is 2.77. The SMILES string of the molecule is CCc1nc(-c2c(-n3ccnc3)c3nc(OC)c(Cl)cc3n2C)n[nH]1. The maximum Gasteiger partial charge on any atom is 0.233 e. The Morgan fingerprint density at radius 2 is 2.16 bits per heavy atom. The summed E-state index contributed by atoms with van der Waals surface area (Å²) in [5.41, 5.74) is 3.24. The van der Waals surface area contributed by atoms with Gasteiger partial charge < -0.3 is 13.9 Å². The van der Waals surface area contributed by atoms with E-state index >= 15 is 0 Å². The standard InChI is InChI=1S/C16H16ClN7O/c1-4-11-19-15(22-21-11)14-13(24-6-5-18-8-24)12-10(23(14)2)7-9(17)16(20-12)25-3/h5-8H,4H2,1-3H3,(H,19,21,22). The fourth-order valence-corrected chi connectivity index (χ4v) is 3.10. The van der Waals surface area contributed by atoms with Crippen LogP contribution in [0.1, 0.15) is 12.7 Å². The molecule has 25 heavy (non-hydrogen) atoms. The Labute approximate surface area is 148 Å². The molecule has 4 rings (SSSR count). The molecule has 0 fully saturated rings. The molecule has 0 saturated carbocycles. The van der Waals surface area contributed by atoms with Crippen LogP contribution in [0.5, 0.6) is 5.88 Å². The number of hydrogen-bond donors (Lipinski definition) is 1. The molecular weight excluding hydrogens is 342 g/mol. The Morgan fingerprint density at radius 3 is 2.80 bits per heavy atom. The van der Waals surface area contributed by atoms with Crippen LogP contribution >= 0.6 is 11.6 Å². The maximum atomic E-state index is 6.28. The summed E-state index contributed by atoms with van der Waals surface area (Å²) in [6.45, 7) is 2.02. The van der Waals surface area contributed by atoms with E-state index in [0.717, 1.165) is 34.7 Å². The first kappa shape index (κ1) is 15.6. The van der Waals surface area contributed by atoms with Crippen LogP contribution in [0.2, 0.25) is 5.02 Å². The topological polar surface area (TPSA) is 86.4 Å². The Balaban J connectivity index is 2.10. The molecule has 0 saturated heterocycles. The molecule has 9 heteroatoms. The molecule has 0 aliphatic rings. The molecule has 0 spiro atoms. The summed E-state index contributed by atoms with van der Waals surface area (Å²) in [5, 5.41) is 7.78. The van der Waals surface area contributed by atoms with Crippen LogP contribution < -0.4 is 4.74 Å². The van der Waals surface area contributed by atoms with Crippen molar-refractivity contribution in [1.29, 1.82) is 0 Å². The third-order valence-electron chi connectivity index (χ3n) is 4.10. The van der Waals surface area contributed by atoms with Crippen LogP contribution in [0.25, 0.3) is 28.2 Å². The second-order valence-corrected chi connectivity index (χ2v) is 5.94. The van der Waals surface area contributed by atoms with Crippen molar-refractivity contribution in [2.75, 3.05) is 7.11 Å². The molecule has 0 radical (unpaired) electrons. The van der Waals surface area contributed by atoms with Crippen molar-refractivity contribution < 1.29 is 4.74 Å². The van der Waals surface area contributed by atoms with Gasteiger partial charge in [-0.3, -0.25) is 5.10 Å². The molecule has 4 aromatic rings.